The van der Waals surface area contributed by atoms with E-state index in [2.05, 4.69) is 10.6 Å². The third kappa shape index (κ3) is 4.85. The Labute approximate surface area is 175 Å². The maximum absolute atomic E-state index is 12.7. The molecule has 1 aliphatic rings. The largest absolute Gasteiger partial charge is 0.383 e. The summed E-state index contributed by atoms with van der Waals surface area (Å²) in [5, 5.41) is 16.4. The van der Waals surface area contributed by atoms with Crippen molar-refractivity contribution in [1.82, 2.24) is 15.5 Å². The normalized spacial score (nSPS) is 16.0. The highest BCUT2D eigenvalue weighted by Crippen LogP contribution is 2.35. The van der Waals surface area contributed by atoms with Gasteiger partial charge in [0.1, 0.15) is 11.8 Å². The summed E-state index contributed by atoms with van der Waals surface area (Å²) in [6.07, 6.45) is -1.03. The minimum atomic E-state index is -1.03. The van der Waals surface area contributed by atoms with Crippen molar-refractivity contribution < 1.29 is 14.7 Å². The van der Waals surface area contributed by atoms with Crippen LogP contribution in [0.5, 0.6) is 0 Å². The van der Waals surface area contributed by atoms with E-state index in [1.54, 1.807) is 36.4 Å². The Morgan fingerprint density at radius 1 is 1.14 bits per heavy atom. The summed E-state index contributed by atoms with van der Waals surface area (Å²) in [7, 11) is 3.90. The lowest BCUT2D eigenvalue weighted by Crippen LogP contribution is -2.31. The van der Waals surface area contributed by atoms with Crippen molar-refractivity contribution in [2.24, 2.45) is 0 Å². The summed E-state index contributed by atoms with van der Waals surface area (Å²) >= 11 is 6.25. The van der Waals surface area contributed by atoms with Gasteiger partial charge in [-0.05, 0) is 37.4 Å². The van der Waals surface area contributed by atoms with E-state index in [0.29, 0.717) is 29.8 Å². The summed E-state index contributed by atoms with van der Waals surface area (Å²) < 4.78 is 0. The number of nitrogens with one attached hydrogen (secondary N) is 2. The Balaban J connectivity index is 1.64. The smallest absolute Gasteiger partial charge is 0.251 e. The number of benzene rings is 2. The fourth-order valence-corrected chi connectivity index (χ4v) is 3.35. The number of nitrogens with zero attached hydrogens (tertiary/aromatic N) is 1. The second-order valence-electron chi connectivity index (χ2n) is 7.15. The van der Waals surface area contributed by atoms with Gasteiger partial charge in [0.2, 0.25) is 5.78 Å². The molecule has 29 heavy (non-hydrogen) atoms. The molecule has 7 heteroatoms. The van der Waals surface area contributed by atoms with Crippen LogP contribution in [0, 0.1) is 0 Å². The van der Waals surface area contributed by atoms with E-state index in [-0.39, 0.29) is 22.4 Å². The van der Waals surface area contributed by atoms with Crippen LogP contribution in [0.4, 0.5) is 0 Å². The van der Waals surface area contributed by atoms with Gasteiger partial charge in [-0.1, -0.05) is 48.0 Å². The number of aliphatic hydroxyl groups is 1. The van der Waals surface area contributed by atoms with Crippen LogP contribution in [-0.4, -0.2) is 48.9 Å². The minimum absolute atomic E-state index is 0.0885. The van der Waals surface area contributed by atoms with Gasteiger partial charge in [0.05, 0.1) is 5.03 Å². The number of rotatable bonds is 7. The van der Waals surface area contributed by atoms with E-state index >= 15 is 0 Å². The van der Waals surface area contributed by atoms with Crippen molar-refractivity contribution in [2.45, 2.75) is 12.6 Å². The first-order valence-corrected chi connectivity index (χ1v) is 9.73. The standard InChI is InChI=1S/C22H24ClN3O3/c1-26(2)12-11-24-22(29)15-9-7-14(8-10-15)13-25-19-18(23)20(27)16-5-3-4-6-17(16)21(19)28/h3-10,20,25,27H,11-13H2,1-2H3,(H,24,29). The lowest BCUT2D eigenvalue weighted by atomic mass is 9.91. The zero-order valence-corrected chi connectivity index (χ0v) is 17.2. The predicted molar refractivity (Wildman–Crippen MR) is 113 cm³/mol. The van der Waals surface area contributed by atoms with Gasteiger partial charge < -0.3 is 20.6 Å². The molecule has 0 spiro atoms. The zero-order valence-electron chi connectivity index (χ0n) is 16.4. The van der Waals surface area contributed by atoms with Gasteiger partial charge in [-0.15, -0.1) is 0 Å². The number of likely N-dealkylation sites (N-methyl/N-ethyl adjacent to an activating group) is 1. The topological polar surface area (TPSA) is 81.7 Å². The molecule has 3 rings (SSSR count). The predicted octanol–water partition coefficient (Wildman–Crippen LogP) is 2.45. The second-order valence-corrected chi connectivity index (χ2v) is 7.56. The Morgan fingerprint density at radius 2 is 1.83 bits per heavy atom. The average molecular weight is 414 g/mol. The summed E-state index contributed by atoms with van der Waals surface area (Å²) in [5.41, 5.74) is 2.61. The second kappa shape index (κ2) is 9.22. The molecule has 0 saturated heterocycles. The van der Waals surface area contributed by atoms with Crippen LogP contribution in [0.1, 0.15) is 37.9 Å². The number of fused-ring (bicyclic) bond motifs is 1. The van der Waals surface area contributed by atoms with Crippen LogP contribution >= 0.6 is 11.6 Å². The zero-order chi connectivity index (χ0) is 21.0. The van der Waals surface area contributed by atoms with E-state index in [1.807, 2.05) is 31.1 Å². The molecule has 0 bridgehead atoms. The fraction of sp³-hybridized carbons (Fsp3) is 0.273. The van der Waals surface area contributed by atoms with Crippen LogP contribution in [0.15, 0.2) is 59.3 Å². The van der Waals surface area contributed by atoms with Crippen LogP contribution < -0.4 is 10.6 Å². The average Bonchev–Trinajstić information content (AvgIpc) is 2.72. The van der Waals surface area contributed by atoms with Crippen molar-refractivity contribution in [3.63, 3.8) is 0 Å². The van der Waals surface area contributed by atoms with Crippen molar-refractivity contribution in [3.8, 4) is 0 Å². The molecule has 0 aromatic heterocycles. The molecule has 0 heterocycles. The third-order valence-electron chi connectivity index (χ3n) is 4.74. The molecule has 0 saturated carbocycles. The summed E-state index contributed by atoms with van der Waals surface area (Å²) in [5.74, 6) is -0.368. The van der Waals surface area contributed by atoms with Crippen molar-refractivity contribution in [1.29, 1.82) is 0 Å². The lowest BCUT2D eigenvalue weighted by Gasteiger charge is -2.24. The minimum Gasteiger partial charge on any atom is -0.383 e. The number of halogens is 1. The number of aliphatic hydroxyl groups excluding tert-OH is 1. The highest BCUT2D eigenvalue weighted by Gasteiger charge is 2.31. The van der Waals surface area contributed by atoms with E-state index in [0.717, 1.165) is 12.1 Å². The van der Waals surface area contributed by atoms with Crippen LogP contribution in [0.2, 0.25) is 0 Å². The molecule has 1 atom stereocenters. The van der Waals surface area contributed by atoms with Gasteiger partial charge in [-0.2, -0.15) is 0 Å². The maximum Gasteiger partial charge on any atom is 0.251 e. The first kappa shape index (κ1) is 21.0. The number of hydrogen-bond donors (Lipinski definition) is 3. The molecule has 3 N–H and O–H groups in total. The van der Waals surface area contributed by atoms with E-state index in [9.17, 15) is 14.7 Å². The molecule has 2 aromatic carbocycles. The van der Waals surface area contributed by atoms with Gasteiger partial charge in [0.25, 0.3) is 5.91 Å². The van der Waals surface area contributed by atoms with E-state index < -0.39 is 6.10 Å². The summed E-state index contributed by atoms with van der Waals surface area (Å²) in [6, 6.07) is 14.0. The Kier molecular flexibility index (Phi) is 6.69. The first-order chi connectivity index (χ1) is 13.9. The molecule has 1 aliphatic carbocycles. The lowest BCUT2D eigenvalue weighted by molar-refractivity contribution is 0.0950. The number of hydrogen-bond acceptors (Lipinski definition) is 5. The molecule has 1 unspecified atom stereocenters. The summed E-state index contributed by atoms with van der Waals surface area (Å²) in [4.78, 5) is 26.8. The number of amides is 1. The number of ketones is 1. The van der Waals surface area contributed by atoms with Crippen LogP contribution in [0.25, 0.3) is 0 Å². The quantitative estimate of drug-likeness (QED) is 0.649. The van der Waals surface area contributed by atoms with Crippen molar-refractivity contribution in [3.05, 3.63) is 81.5 Å². The fourth-order valence-electron chi connectivity index (χ4n) is 3.08. The monoisotopic (exact) mass is 413 g/mol. The van der Waals surface area contributed by atoms with Crippen molar-refractivity contribution >= 4 is 23.3 Å². The Bertz CT molecular complexity index is 939. The highest BCUT2D eigenvalue weighted by atomic mass is 35.5. The molecule has 152 valence electrons. The van der Waals surface area contributed by atoms with Crippen LogP contribution in [-0.2, 0) is 6.54 Å². The number of carbonyl (C=O) groups excluding carboxylic acids is 2. The molecule has 0 aliphatic heterocycles. The van der Waals surface area contributed by atoms with Gasteiger partial charge in [-0.3, -0.25) is 9.59 Å². The molecule has 6 nitrogen and oxygen atoms in total. The van der Waals surface area contributed by atoms with Gasteiger partial charge in [-0.25, -0.2) is 0 Å². The Morgan fingerprint density at radius 3 is 2.52 bits per heavy atom. The van der Waals surface area contributed by atoms with E-state index in [1.165, 1.54) is 0 Å². The van der Waals surface area contributed by atoms with Crippen molar-refractivity contribution in [2.75, 3.05) is 27.2 Å². The van der Waals surface area contributed by atoms with Gasteiger partial charge in [0.15, 0.2) is 0 Å². The SMILES string of the molecule is CN(C)CCNC(=O)c1ccc(CNC2=C(Cl)C(O)c3ccccc3C2=O)cc1. The van der Waals surface area contributed by atoms with E-state index in [4.69, 9.17) is 11.6 Å². The molecular formula is C22H24ClN3O3. The van der Waals surface area contributed by atoms with Gasteiger partial charge >= 0.3 is 0 Å². The third-order valence-corrected chi connectivity index (χ3v) is 5.13. The molecule has 0 fully saturated rings. The molecular weight excluding hydrogens is 390 g/mol. The van der Waals surface area contributed by atoms with Crippen LogP contribution in [0.3, 0.4) is 0 Å². The number of carbonyl (C=O) groups is 2. The summed E-state index contributed by atoms with van der Waals surface area (Å²) in [6.45, 7) is 1.69. The van der Waals surface area contributed by atoms with Gasteiger partial charge in [0, 0.05) is 30.8 Å². The molecule has 2 aromatic rings. The molecule has 0 radical (unpaired) electrons. The highest BCUT2D eigenvalue weighted by molar-refractivity contribution is 6.34. The molecule has 1 amide bonds. The maximum atomic E-state index is 12.7. The Hall–Kier alpha value is -2.67. The first-order valence-electron chi connectivity index (χ1n) is 9.35. The number of Topliss-reactive ketones (excluding diaryl/α,β-unsaturated/α-hetero) is 1. The number of allylic oxidation sites excluding steroid dienone is 1.